The molecule has 23 heavy (non-hydrogen) atoms. The third-order valence-electron chi connectivity index (χ3n) is 4.30. The molecule has 120 valence electrons. The van der Waals surface area contributed by atoms with E-state index in [1.54, 1.807) is 0 Å². The van der Waals surface area contributed by atoms with Crippen molar-refractivity contribution < 1.29 is 14.7 Å². The van der Waals surface area contributed by atoms with Gasteiger partial charge in [-0.3, -0.25) is 9.59 Å². The summed E-state index contributed by atoms with van der Waals surface area (Å²) in [4.78, 5) is 24.1. The Bertz CT molecular complexity index is 740. The summed E-state index contributed by atoms with van der Waals surface area (Å²) in [5, 5.41) is 14.2. The Kier molecular flexibility index (Phi) is 4.57. The molecule has 0 bridgehead atoms. The van der Waals surface area contributed by atoms with E-state index >= 15 is 0 Å². The molecule has 0 saturated heterocycles. The largest absolute Gasteiger partial charge is 0.481 e. The van der Waals surface area contributed by atoms with Crippen LogP contribution in [0.3, 0.4) is 0 Å². The average Bonchev–Trinajstić information content (AvgIpc) is 2.50. The summed E-state index contributed by atoms with van der Waals surface area (Å²) in [5.74, 6) is -0.643. The van der Waals surface area contributed by atoms with Crippen LogP contribution in [0.25, 0.3) is 10.8 Å². The first-order valence-electron chi connectivity index (χ1n) is 7.71. The molecular formula is C18H19NO3S. The highest BCUT2D eigenvalue weighted by Gasteiger charge is 2.40. The van der Waals surface area contributed by atoms with Gasteiger partial charge in [0.1, 0.15) is 0 Å². The van der Waals surface area contributed by atoms with Crippen molar-refractivity contribution in [3.8, 4) is 0 Å². The van der Waals surface area contributed by atoms with Crippen molar-refractivity contribution >= 4 is 34.4 Å². The van der Waals surface area contributed by atoms with Gasteiger partial charge in [0.05, 0.1) is 17.7 Å². The second kappa shape index (κ2) is 6.62. The van der Waals surface area contributed by atoms with Gasteiger partial charge in [0, 0.05) is 4.90 Å². The van der Waals surface area contributed by atoms with Gasteiger partial charge in [-0.2, -0.15) is 0 Å². The Morgan fingerprint density at radius 2 is 1.87 bits per heavy atom. The van der Waals surface area contributed by atoms with Crippen LogP contribution >= 0.6 is 11.8 Å². The number of carboxylic acids is 1. The highest BCUT2D eigenvalue weighted by atomic mass is 32.2. The maximum atomic E-state index is 12.1. The smallest absolute Gasteiger partial charge is 0.305 e. The average molecular weight is 329 g/mol. The molecule has 2 N–H and O–H groups in total. The summed E-state index contributed by atoms with van der Waals surface area (Å²) >= 11 is 1.48. The van der Waals surface area contributed by atoms with Crippen molar-refractivity contribution in [2.75, 3.05) is 5.75 Å². The molecule has 3 rings (SSSR count). The predicted octanol–water partition coefficient (Wildman–Crippen LogP) is 3.45. The minimum atomic E-state index is -0.854. The van der Waals surface area contributed by atoms with Gasteiger partial charge in [-0.15, -0.1) is 11.8 Å². The number of fused-ring (bicyclic) bond motifs is 1. The summed E-state index contributed by atoms with van der Waals surface area (Å²) in [6.45, 7) is 0. The van der Waals surface area contributed by atoms with Crippen LogP contribution in [0.2, 0.25) is 0 Å². The Labute approximate surface area is 139 Å². The van der Waals surface area contributed by atoms with Gasteiger partial charge in [-0.05, 0) is 42.2 Å². The molecule has 2 aromatic rings. The van der Waals surface area contributed by atoms with E-state index in [1.165, 1.54) is 17.1 Å². The van der Waals surface area contributed by atoms with Crippen LogP contribution in [0, 0.1) is 0 Å². The monoisotopic (exact) mass is 329 g/mol. The number of aliphatic carboxylic acids is 1. The second-order valence-corrected chi connectivity index (χ2v) is 7.10. The molecule has 0 aliphatic heterocycles. The molecule has 0 aromatic heterocycles. The maximum absolute atomic E-state index is 12.1. The standard InChI is InChI=1S/C18H19NO3S/c20-16(19-18(8-3-9-18)11-17(21)22)12-23-15-7-6-13-4-1-2-5-14(13)10-15/h1-2,4-7,10H,3,8-9,11-12H2,(H,19,20)(H,21,22). The molecule has 1 aliphatic rings. The fraction of sp³-hybridized carbons (Fsp3) is 0.333. The molecule has 5 heteroatoms. The second-order valence-electron chi connectivity index (χ2n) is 6.05. The van der Waals surface area contributed by atoms with Crippen LogP contribution < -0.4 is 5.32 Å². The van der Waals surface area contributed by atoms with Crippen molar-refractivity contribution in [3.05, 3.63) is 42.5 Å². The van der Waals surface area contributed by atoms with Crippen LogP contribution in [0.1, 0.15) is 25.7 Å². The molecular weight excluding hydrogens is 310 g/mol. The minimum absolute atomic E-state index is 0.0133. The molecule has 0 spiro atoms. The lowest BCUT2D eigenvalue weighted by Crippen LogP contribution is -2.55. The molecule has 1 aliphatic carbocycles. The van der Waals surface area contributed by atoms with E-state index in [-0.39, 0.29) is 12.3 Å². The summed E-state index contributed by atoms with van der Waals surface area (Å²) in [6, 6.07) is 14.2. The molecule has 4 nitrogen and oxygen atoms in total. The quantitative estimate of drug-likeness (QED) is 0.797. The third kappa shape index (κ3) is 3.85. The Morgan fingerprint density at radius 1 is 1.13 bits per heavy atom. The molecule has 0 unspecified atom stereocenters. The lowest BCUT2D eigenvalue weighted by molar-refractivity contribution is -0.140. The van der Waals surface area contributed by atoms with E-state index in [0.29, 0.717) is 5.75 Å². The molecule has 0 heterocycles. The van der Waals surface area contributed by atoms with Gasteiger partial charge in [0.2, 0.25) is 5.91 Å². The maximum Gasteiger partial charge on any atom is 0.305 e. The van der Waals surface area contributed by atoms with E-state index in [1.807, 2.05) is 24.3 Å². The van der Waals surface area contributed by atoms with Crippen LogP contribution in [-0.4, -0.2) is 28.3 Å². The van der Waals surface area contributed by atoms with Gasteiger partial charge in [0.15, 0.2) is 0 Å². The SMILES string of the molecule is O=C(O)CC1(NC(=O)CSc2ccc3ccccc3c2)CCC1. The lowest BCUT2D eigenvalue weighted by atomic mass is 9.74. The van der Waals surface area contributed by atoms with Crippen LogP contribution in [0.15, 0.2) is 47.4 Å². The van der Waals surface area contributed by atoms with Crippen LogP contribution in [0.4, 0.5) is 0 Å². The van der Waals surface area contributed by atoms with E-state index < -0.39 is 11.5 Å². The van der Waals surface area contributed by atoms with E-state index in [9.17, 15) is 9.59 Å². The zero-order valence-corrected chi connectivity index (χ0v) is 13.6. The number of amides is 1. The number of hydrogen-bond acceptors (Lipinski definition) is 3. The number of carbonyl (C=O) groups is 2. The highest BCUT2D eigenvalue weighted by Crippen LogP contribution is 2.35. The number of hydrogen-bond donors (Lipinski definition) is 2. The normalized spacial score (nSPS) is 15.8. The topological polar surface area (TPSA) is 66.4 Å². The molecule has 1 amide bonds. The van der Waals surface area contributed by atoms with Crippen molar-refractivity contribution in [1.29, 1.82) is 0 Å². The molecule has 2 aromatic carbocycles. The Morgan fingerprint density at radius 3 is 2.52 bits per heavy atom. The van der Waals surface area contributed by atoms with Crippen molar-refractivity contribution in [2.24, 2.45) is 0 Å². The first-order valence-corrected chi connectivity index (χ1v) is 8.69. The number of carbonyl (C=O) groups excluding carboxylic acids is 1. The van der Waals surface area contributed by atoms with Gasteiger partial charge in [-0.25, -0.2) is 0 Å². The van der Waals surface area contributed by atoms with Crippen molar-refractivity contribution in [3.63, 3.8) is 0 Å². The number of thioether (sulfide) groups is 1. The van der Waals surface area contributed by atoms with E-state index in [0.717, 1.165) is 29.5 Å². The summed E-state index contributed by atoms with van der Waals surface area (Å²) in [5.41, 5.74) is -0.521. The molecule has 0 atom stereocenters. The predicted molar refractivity (Wildman–Crippen MR) is 91.6 cm³/mol. The molecule has 1 fully saturated rings. The summed E-state index contributed by atoms with van der Waals surface area (Å²) < 4.78 is 0. The number of carboxylic acid groups (broad SMARTS) is 1. The van der Waals surface area contributed by atoms with Gasteiger partial charge >= 0.3 is 5.97 Å². The van der Waals surface area contributed by atoms with Gasteiger partial charge in [0.25, 0.3) is 0 Å². The number of rotatable bonds is 6. The first kappa shape index (κ1) is 15.9. The summed E-state index contributed by atoms with van der Waals surface area (Å²) in [7, 11) is 0. The first-order chi connectivity index (χ1) is 11.1. The molecule has 1 saturated carbocycles. The highest BCUT2D eigenvalue weighted by molar-refractivity contribution is 8.00. The minimum Gasteiger partial charge on any atom is -0.481 e. The van der Waals surface area contributed by atoms with Gasteiger partial charge in [-0.1, -0.05) is 30.3 Å². The fourth-order valence-electron chi connectivity index (χ4n) is 2.98. The zero-order chi connectivity index (χ0) is 16.3. The van der Waals surface area contributed by atoms with Crippen molar-refractivity contribution in [2.45, 2.75) is 36.1 Å². The zero-order valence-electron chi connectivity index (χ0n) is 12.7. The fourth-order valence-corrected chi connectivity index (χ4v) is 3.72. The third-order valence-corrected chi connectivity index (χ3v) is 5.29. The van der Waals surface area contributed by atoms with Crippen molar-refractivity contribution in [1.82, 2.24) is 5.32 Å². The number of nitrogens with one attached hydrogen (secondary N) is 1. The Balaban J connectivity index is 1.58. The van der Waals surface area contributed by atoms with Crippen LogP contribution in [-0.2, 0) is 9.59 Å². The molecule has 0 radical (unpaired) electrons. The van der Waals surface area contributed by atoms with Gasteiger partial charge < -0.3 is 10.4 Å². The Hall–Kier alpha value is -2.01. The van der Waals surface area contributed by atoms with Crippen LogP contribution in [0.5, 0.6) is 0 Å². The number of benzene rings is 2. The summed E-state index contributed by atoms with van der Waals surface area (Å²) in [6.07, 6.45) is 2.50. The van der Waals surface area contributed by atoms with E-state index in [2.05, 4.69) is 23.5 Å². The van der Waals surface area contributed by atoms with E-state index in [4.69, 9.17) is 5.11 Å². The lowest BCUT2D eigenvalue weighted by Gasteiger charge is -2.41.